The Morgan fingerprint density at radius 1 is 0.861 bits per heavy atom. The van der Waals surface area contributed by atoms with Gasteiger partial charge in [-0.15, -0.1) is 0 Å². The summed E-state index contributed by atoms with van der Waals surface area (Å²) in [6, 6.07) is 9.70. The van der Waals surface area contributed by atoms with Crippen molar-refractivity contribution in [3.05, 3.63) is 103 Å². The van der Waals surface area contributed by atoms with Gasteiger partial charge >= 0.3 is 0 Å². The normalized spacial score (nSPS) is 12.7. The van der Waals surface area contributed by atoms with Gasteiger partial charge in [0.2, 0.25) is 0 Å². The summed E-state index contributed by atoms with van der Waals surface area (Å²) in [4.78, 5) is 51.8. The van der Waals surface area contributed by atoms with E-state index in [1.165, 1.54) is 36.4 Å². The summed E-state index contributed by atoms with van der Waals surface area (Å²) < 4.78 is 1.54. The molecule has 8 nitrogen and oxygen atoms in total. The third-order valence-electron chi connectivity index (χ3n) is 5.21. The van der Waals surface area contributed by atoms with Crippen LogP contribution in [0.2, 0.25) is 10.0 Å². The highest BCUT2D eigenvalue weighted by Gasteiger charge is 2.46. The van der Waals surface area contributed by atoms with E-state index in [4.69, 9.17) is 23.2 Å². The highest BCUT2D eigenvalue weighted by Crippen LogP contribution is 2.46. The van der Waals surface area contributed by atoms with E-state index in [1.807, 2.05) is 0 Å². The molecule has 0 unspecified atom stereocenters. The van der Waals surface area contributed by atoms with Crippen LogP contribution in [0.5, 0.6) is 0 Å². The largest absolute Gasteiger partial charge is 0.282 e. The second-order valence-corrected chi connectivity index (χ2v) is 11.4. The van der Waals surface area contributed by atoms with Crippen LogP contribution in [-0.4, -0.2) is 32.7 Å². The Hall–Kier alpha value is -1.83. The van der Waals surface area contributed by atoms with Crippen LogP contribution < -0.4 is 0 Å². The average Bonchev–Trinajstić information content (AvgIpc) is 3.10. The van der Waals surface area contributed by atoms with Crippen LogP contribution in [0.3, 0.4) is 0 Å². The number of halogens is 6. The monoisotopic (exact) mass is 781 g/mol. The molecule has 3 amide bonds. The summed E-state index contributed by atoms with van der Waals surface area (Å²) >= 11 is 25.3. The van der Waals surface area contributed by atoms with Gasteiger partial charge in [0.05, 0.1) is 28.2 Å². The molecule has 0 radical (unpaired) electrons. The lowest BCUT2D eigenvalue weighted by molar-refractivity contribution is -0.385. The second kappa shape index (κ2) is 10.5. The van der Waals surface area contributed by atoms with E-state index in [0.717, 1.165) is 11.1 Å². The van der Waals surface area contributed by atoms with Gasteiger partial charge in [-0.05, 0) is 100 Å². The second-order valence-electron chi connectivity index (χ2n) is 7.33. The number of hydrogen-bond donors (Lipinski definition) is 0. The van der Waals surface area contributed by atoms with Crippen LogP contribution in [0.4, 0.5) is 5.69 Å². The maximum Gasteiger partial charge on any atom is 0.282 e. The Kier molecular flexibility index (Phi) is 7.94. The van der Waals surface area contributed by atoms with Gasteiger partial charge in [0, 0.05) is 39.6 Å². The molecule has 1 aliphatic rings. The fourth-order valence-corrected chi connectivity index (χ4v) is 6.28. The van der Waals surface area contributed by atoms with E-state index >= 15 is 0 Å². The molecule has 0 atom stereocenters. The number of rotatable bonds is 5. The lowest BCUT2D eigenvalue weighted by Gasteiger charge is -2.30. The number of nitro groups is 1. The number of nitro benzene ring substituents is 1. The van der Waals surface area contributed by atoms with Crippen molar-refractivity contribution in [1.29, 1.82) is 0 Å². The Morgan fingerprint density at radius 3 is 1.86 bits per heavy atom. The van der Waals surface area contributed by atoms with Crippen molar-refractivity contribution >= 4 is 110 Å². The van der Waals surface area contributed by atoms with Crippen molar-refractivity contribution in [2.24, 2.45) is 0 Å². The molecular formula is C22H9Br4Cl2N3O5. The number of benzene rings is 3. The van der Waals surface area contributed by atoms with E-state index in [0.29, 0.717) is 27.9 Å². The molecule has 3 aromatic carbocycles. The first-order valence-electron chi connectivity index (χ1n) is 9.69. The molecule has 4 rings (SSSR count). The molecule has 0 aliphatic carbocycles. The fourth-order valence-electron chi connectivity index (χ4n) is 3.53. The van der Waals surface area contributed by atoms with Crippen molar-refractivity contribution < 1.29 is 19.3 Å². The number of hydrazine groups is 1. The molecule has 0 saturated carbocycles. The third-order valence-corrected chi connectivity index (χ3v) is 10.5. The predicted molar refractivity (Wildman–Crippen MR) is 147 cm³/mol. The SMILES string of the molecule is O=C(c1ccc(Cl)cc1)N(Cc1ccc(Cl)cc1[N+](=O)[O-])N1C(=O)c2c(Br)c(Br)c(Br)c(Br)c2C1=O. The molecular weight excluding hydrogens is 777 g/mol. The lowest BCUT2D eigenvalue weighted by Crippen LogP contribution is -2.49. The summed E-state index contributed by atoms with van der Waals surface area (Å²) in [6.45, 7) is -0.474. The van der Waals surface area contributed by atoms with E-state index in [-0.39, 0.29) is 33.0 Å². The number of fused-ring (bicyclic) bond motifs is 1. The van der Waals surface area contributed by atoms with Gasteiger partial charge in [-0.1, -0.05) is 23.2 Å². The number of hydrogen-bond acceptors (Lipinski definition) is 5. The van der Waals surface area contributed by atoms with E-state index in [1.54, 1.807) is 0 Å². The molecule has 0 N–H and O–H groups in total. The van der Waals surface area contributed by atoms with Crippen molar-refractivity contribution in [1.82, 2.24) is 10.0 Å². The van der Waals surface area contributed by atoms with Gasteiger partial charge in [-0.3, -0.25) is 24.5 Å². The Morgan fingerprint density at radius 2 is 1.36 bits per heavy atom. The zero-order chi connectivity index (χ0) is 26.5. The minimum atomic E-state index is -0.797. The standard InChI is InChI=1S/C22H9Br4Cl2N3O5/c23-16-14-15(17(24)19(26)18(16)25)22(34)30(21(14)33)29(20(32)9-1-4-11(27)5-2-9)8-10-3-6-12(28)7-13(10)31(35)36/h1-7H,8H2. The molecule has 0 spiro atoms. The van der Waals surface area contributed by atoms with Crippen molar-refractivity contribution in [2.45, 2.75) is 6.54 Å². The Bertz CT molecular complexity index is 1440. The zero-order valence-corrected chi connectivity index (χ0v) is 25.3. The lowest BCUT2D eigenvalue weighted by atomic mass is 10.1. The Balaban J connectivity index is 1.89. The smallest absolute Gasteiger partial charge is 0.267 e. The molecule has 0 fully saturated rings. The Labute approximate surface area is 247 Å². The van der Waals surface area contributed by atoms with Crippen LogP contribution in [0.25, 0.3) is 0 Å². The van der Waals surface area contributed by atoms with Crippen LogP contribution >= 0.6 is 86.9 Å². The van der Waals surface area contributed by atoms with E-state index < -0.39 is 29.2 Å². The van der Waals surface area contributed by atoms with Gasteiger partial charge in [0.15, 0.2) is 0 Å². The molecule has 0 aromatic heterocycles. The molecule has 0 saturated heterocycles. The van der Waals surface area contributed by atoms with Crippen molar-refractivity contribution in [2.75, 3.05) is 0 Å². The van der Waals surface area contributed by atoms with Gasteiger partial charge in [0.1, 0.15) is 0 Å². The fraction of sp³-hybridized carbons (Fsp3) is 0.0455. The molecule has 14 heteroatoms. The molecule has 36 heavy (non-hydrogen) atoms. The molecule has 1 heterocycles. The number of carbonyl (C=O) groups is 3. The van der Waals surface area contributed by atoms with E-state index in [9.17, 15) is 24.5 Å². The average molecular weight is 786 g/mol. The maximum atomic E-state index is 13.6. The predicted octanol–water partition coefficient (Wildman–Crippen LogP) is 7.81. The summed E-state index contributed by atoms with van der Waals surface area (Å²) in [5, 5.41) is 13.7. The number of imide groups is 1. The van der Waals surface area contributed by atoms with Crippen molar-refractivity contribution in [3.63, 3.8) is 0 Å². The van der Waals surface area contributed by atoms with Gasteiger partial charge in [-0.2, -0.15) is 5.01 Å². The quantitative estimate of drug-likeness (QED) is 0.0865. The first kappa shape index (κ1) is 27.2. The van der Waals surface area contributed by atoms with Crippen LogP contribution in [0.1, 0.15) is 36.6 Å². The third kappa shape index (κ3) is 4.74. The van der Waals surface area contributed by atoms with Gasteiger partial charge in [0.25, 0.3) is 23.4 Å². The number of carbonyl (C=O) groups excluding carboxylic acids is 3. The highest BCUT2D eigenvalue weighted by molar-refractivity contribution is 9.15. The summed E-state index contributed by atoms with van der Waals surface area (Å²) in [5.74, 6) is -2.35. The summed E-state index contributed by atoms with van der Waals surface area (Å²) in [7, 11) is 0. The van der Waals surface area contributed by atoms with Gasteiger partial charge in [-0.25, -0.2) is 5.01 Å². The molecule has 1 aliphatic heterocycles. The van der Waals surface area contributed by atoms with Crippen LogP contribution in [-0.2, 0) is 6.54 Å². The molecule has 3 aromatic rings. The highest BCUT2D eigenvalue weighted by atomic mass is 79.9. The minimum Gasteiger partial charge on any atom is -0.267 e. The summed E-state index contributed by atoms with van der Waals surface area (Å²) in [5.41, 5.74) is -0.180. The van der Waals surface area contributed by atoms with Crippen LogP contribution in [0.15, 0.2) is 60.4 Å². The number of amides is 3. The maximum absolute atomic E-state index is 13.6. The minimum absolute atomic E-state index is 0.0152. The first-order valence-corrected chi connectivity index (χ1v) is 13.6. The van der Waals surface area contributed by atoms with Crippen LogP contribution in [0, 0.1) is 10.1 Å². The zero-order valence-electron chi connectivity index (χ0n) is 17.4. The number of nitrogens with zero attached hydrogens (tertiary/aromatic N) is 3. The molecule has 184 valence electrons. The summed E-state index contributed by atoms with van der Waals surface area (Å²) in [6.07, 6.45) is 0. The first-order chi connectivity index (χ1) is 16.9. The molecule has 0 bridgehead atoms. The van der Waals surface area contributed by atoms with E-state index in [2.05, 4.69) is 63.7 Å². The van der Waals surface area contributed by atoms with Gasteiger partial charge < -0.3 is 0 Å². The van der Waals surface area contributed by atoms with Crippen molar-refractivity contribution in [3.8, 4) is 0 Å². The topological polar surface area (TPSA) is 101 Å².